The Morgan fingerprint density at radius 3 is 2.56 bits per heavy atom. The van der Waals surface area contributed by atoms with Crippen molar-refractivity contribution < 1.29 is 9.72 Å². The normalized spacial score (nSPS) is 14.5. The predicted molar refractivity (Wildman–Crippen MR) is 97.9 cm³/mol. The Morgan fingerprint density at radius 2 is 1.96 bits per heavy atom. The number of anilines is 1. The average Bonchev–Trinajstić information content (AvgIpc) is 2.61. The van der Waals surface area contributed by atoms with Crippen molar-refractivity contribution in [3.05, 3.63) is 62.2 Å². The van der Waals surface area contributed by atoms with Crippen LogP contribution in [0.25, 0.3) is 0 Å². The van der Waals surface area contributed by atoms with Crippen LogP contribution in [0.4, 0.5) is 11.5 Å². The first-order valence-corrected chi connectivity index (χ1v) is 8.66. The van der Waals surface area contributed by atoms with E-state index in [1.54, 1.807) is 0 Å². The van der Waals surface area contributed by atoms with Crippen molar-refractivity contribution in [2.45, 2.75) is 6.92 Å². The van der Waals surface area contributed by atoms with Crippen molar-refractivity contribution in [2.75, 3.05) is 31.1 Å². The highest BCUT2D eigenvalue weighted by Crippen LogP contribution is 2.23. The molecule has 1 aromatic carbocycles. The van der Waals surface area contributed by atoms with Gasteiger partial charge in [-0.15, -0.1) is 0 Å². The molecule has 2 heterocycles. The largest absolute Gasteiger partial charge is 0.353 e. The van der Waals surface area contributed by atoms with Crippen LogP contribution in [0.15, 0.2) is 41.0 Å². The minimum Gasteiger partial charge on any atom is -0.353 e. The van der Waals surface area contributed by atoms with Crippen LogP contribution in [0, 0.1) is 17.0 Å². The van der Waals surface area contributed by atoms with Gasteiger partial charge in [0.25, 0.3) is 11.6 Å². The lowest BCUT2D eigenvalue weighted by atomic mass is 10.1. The maximum Gasteiger partial charge on any atom is 0.287 e. The van der Waals surface area contributed by atoms with Crippen molar-refractivity contribution >= 4 is 33.3 Å². The zero-order chi connectivity index (χ0) is 18.0. The maximum atomic E-state index is 12.6. The molecule has 1 amide bonds. The first kappa shape index (κ1) is 17.3. The summed E-state index contributed by atoms with van der Waals surface area (Å²) < 4.78 is 0.877. The van der Waals surface area contributed by atoms with Crippen molar-refractivity contribution in [2.24, 2.45) is 0 Å². The molecule has 8 heteroatoms. The van der Waals surface area contributed by atoms with E-state index in [9.17, 15) is 14.9 Å². The Balaban J connectivity index is 1.68. The number of amides is 1. The topological polar surface area (TPSA) is 79.6 Å². The van der Waals surface area contributed by atoms with E-state index in [4.69, 9.17) is 0 Å². The minimum absolute atomic E-state index is 0.00864. The van der Waals surface area contributed by atoms with E-state index in [1.807, 2.05) is 36.1 Å². The van der Waals surface area contributed by atoms with Crippen LogP contribution < -0.4 is 4.90 Å². The van der Waals surface area contributed by atoms with Gasteiger partial charge in [0.05, 0.1) is 4.92 Å². The third kappa shape index (κ3) is 3.79. The number of aryl methyl sites for hydroxylation is 1. The van der Waals surface area contributed by atoms with Gasteiger partial charge in [0.15, 0.2) is 0 Å². The number of piperazine rings is 1. The van der Waals surface area contributed by atoms with Gasteiger partial charge < -0.3 is 9.80 Å². The quantitative estimate of drug-likeness (QED) is 0.580. The monoisotopic (exact) mass is 404 g/mol. The summed E-state index contributed by atoms with van der Waals surface area (Å²) in [6.45, 7) is 4.28. The lowest BCUT2D eigenvalue weighted by Crippen LogP contribution is -2.49. The van der Waals surface area contributed by atoms with Crippen LogP contribution in [-0.2, 0) is 0 Å². The summed E-state index contributed by atoms with van der Waals surface area (Å²) in [5, 5.41) is 10.8. The molecule has 2 aromatic rings. The molecule has 0 spiro atoms. The number of benzene rings is 1. The molecule has 1 saturated heterocycles. The van der Waals surface area contributed by atoms with Gasteiger partial charge in [0.1, 0.15) is 12.0 Å². The summed E-state index contributed by atoms with van der Waals surface area (Å²) in [6, 6.07) is 8.88. The Hall–Kier alpha value is -2.48. The van der Waals surface area contributed by atoms with Crippen molar-refractivity contribution in [1.82, 2.24) is 9.88 Å². The number of carbonyl (C=O) groups is 1. The summed E-state index contributed by atoms with van der Waals surface area (Å²) in [5.74, 6) is 0.745. The van der Waals surface area contributed by atoms with Gasteiger partial charge in [0.2, 0.25) is 0 Å². The SMILES string of the molecule is Cc1cc([N+](=O)[O-])cnc1N1CCN(C(=O)c2cccc(Br)c2)CC1. The second-order valence-corrected chi connectivity index (χ2v) is 6.80. The lowest BCUT2D eigenvalue weighted by molar-refractivity contribution is -0.385. The van der Waals surface area contributed by atoms with Crippen molar-refractivity contribution in [3.8, 4) is 0 Å². The second kappa shape index (κ2) is 7.18. The molecule has 1 aliphatic rings. The number of nitrogens with zero attached hydrogens (tertiary/aromatic N) is 4. The molecule has 0 N–H and O–H groups in total. The number of halogens is 1. The molecule has 130 valence electrons. The zero-order valence-corrected chi connectivity index (χ0v) is 15.3. The van der Waals surface area contributed by atoms with Crippen LogP contribution in [0.5, 0.6) is 0 Å². The molecule has 7 nitrogen and oxygen atoms in total. The van der Waals surface area contributed by atoms with Crippen LogP contribution in [-0.4, -0.2) is 46.9 Å². The molecular formula is C17H17BrN4O3. The van der Waals surface area contributed by atoms with E-state index in [-0.39, 0.29) is 11.6 Å². The molecule has 1 aliphatic heterocycles. The van der Waals surface area contributed by atoms with Gasteiger partial charge in [0, 0.05) is 42.3 Å². The zero-order valence-electron chi connectivity index (χ0n) is 13.7. The smallest absolute Gasteiger partial charge is 0.287 e. The van der Waals surface area contributed by atoms with Gasteiger partial charge in [-0.1, -0.05) is 22.0 Å². The molecule has 0 bridgehead atoms. The molecule has 0 unspecified atom stereocenters. The minimum atomic E-state index is -0.446. The van der Waals surface area contributed by atoms with E-state index >= 15 is 0 Å². The third-order valence-electron chi connectivity index (χ3n) is 4.19. The standard InChI is InChI=1S/C17H17BrN4O3/c1-12-9-15(22(24)25)11-19-16(12)20-5-7-21(8-6-20)17(23)13-3-2-4-14(18)10-13/h2-4,9-11H,5-8H2,1H3. The van der Waals surface area contributed by atoms with Gasteiger partial charge in [-0.2, -0.15) is 0 Å². The number of hydrogen-bond donors (Lipinski definition) is 0. The molecule has 0 atom stereocenters. The van der Waals surface area contributed by atoms with Crippen molar-refractivity contribution in [1.29, 1.82) is 0 Å². The molecule has 0 aliphatic carbocycles. The third-order valence-corrected chi connectivity index (χ3v) is 4.68. The van der Waals surface area contributed by atoms with Crippen molar-refractivity contribution in [3.63, 3.8) is 0 Å². The van der Waals surface area contributed by atoms with E-state index in [0.717, 1.165) is 15.9 Å². The Bertz CT molecular complexity index is 819. The van der Waals surface area contributed by atoms with Gasteiger partial charge >= 0.3 is 0 Å². The number of carbonyl (C=O) groups excluding carboxylic acids is 1. The second-order valence-electron chi connectivity index (χ2n) is 5.88. The van der Waals surface area contributed by atoms with Crippen LogP contribution in [0.2, 0.25) is 0 Å². The predicted octanol–water partition coefficient (Wildman–Crippen LogP) is 3.02. The van der Waals surface area contributed by atoms with Crippen LogP contribution in [0.3, 0.4) is 0 Å². The number of aromatic nitrogens is 1. The lowest BCUT2D eigenvalue weighted by Gasteiger charge is -2.36. The molecule has 1 fully saturated rings. The Morgan fingerprint density at radius 1 is 1.24 bits per heavy atom. The summed E-state index contributed by atoms with van der Waals surface area (Å²) in [6.07, 6.45) is 1.28. The summed E-state index contributed by atoms with van der Waals surface area (Å²) in [7, 11) is 0. The molecule has 0 saturated carbocycles. The van der Waals surface area contributed by atoms with Crippen LogP contribution in [0.1, 0.15) is 15.9 Å². The van der Waals surface area contributed by atoms with E-state index in [2.05, 4.69) is 25.8 Å². The fraction of sp³-hybridized carbons (Fsp3) is 0.294. The molecular weight excluding hydrogens is 388 g/mol. The Kier molecular flexibility index (Phi) is 4.98. The number of rotatable bonds is 3. The fourth-order valence-corrected chi connectivity index (χ4v) is 3.31. The molecule has 3 rings (SSSR count). The molecule has 0 radical (unpaired) electrons. The molecule has 1 aromatic heterocycles. The first-order chi connectivity index (χ1) is 12.0. The van der Waals surface area contributed by atoms with E-state index < -0.39 is 4.92 Å². The summed E-state index contributed by atoms with van der Waals surface area (Å²) in [4.78, 5) is 31.1. The summed E-state index contributed by atoms with van der Waals surface area (Å²) >= 11 is 3.38. The first-order valence-electron chi connectivity index (χ1n) is 7.86. The highest BCUT2D eigenvalue weighted by Gasteiger charge is 2.24. The Labute approximate surface area is 153 Å². The number of nitro groups is 1. The average molecular weight is 405 g/mol. The highest BCUT2D eigenvalue weighted by atomic mass is 79.9. The maximum absolute atomic E-state index is 12.6. The number of pyridine rings is 1. The van der Waals surface area contributed by atoms with E-state index in [0.29, 0.717) is 31.7 Å². The number of hydrogen-bond acceptors (Lipinski definition) is 5. The van der Waals surface area contributed by atoms with Crippen LogP contribution >= 0.6 is 15.9 Å². The fourth-order valence-electron chi connectivity index (χ4n) is 2.91. The van der Waals surface area contributed by atoms with E-state index in [1.165, 1.54) is 12.3 Å². The van der Waals surface area contributed by atoms with Gasteiger partial charge in [-0.05, 0) is 30.7 Å². The highest BCUT2D eigenvalue weighted by molar-refractivity contribution is 9.10. The van der Waals surface area contributed by atoms with Gasteiger partial charge in [-0.25, -0.2) is 4.98 Å². The van der Waals surface area contributed by atoms with Gasteiger partial charge in [-0.3, -0.25) is 14.9 Å². The molecule has 25 heavy (non-hydrogen) atoms. The summed E-state index contributed by atoms with van der Waals surface area (Å²) in [5.41, 5.74) is 1.41.